The van der Waals surface area contributed by atoms with Crippen LogP contribution >= 0.6 is 11.8 Å². The predicted octanol–water partition coefficient (Wildman–Crippen LogP) is 4.06. The summed E-state index contributed by atoms with van der Waals surface area (Å²) in [5.41, 5.74) is 1.36. The van der Waals surface area contributed by atoms with E-state index in [-0.39, 0.29) is 17.3 Å². The van der Waals surface area contributed by atoms with Crippen molar-refractivity contribution < 1.29 is 18.3 Å². The fraction of sp³-hybridized carbons (Fsp3) is 0.167. The minimum absolute atomic E-state index is 0.0185. The molecule has 0 amide bonds. The Morgan fingerprint density at radius 1 is 1.12 bits per heavy atom. The average molecular weight is 375 g/mol. The van der Waals surface area contributed by atoms with Gasteiger partial charge in [-0.2, -0.15) is 8.78 Å². The molecule has 134 valence electrons. The summed E-state index contributed by atoms with van der Waals surface area (Å²) in [5, 5.41) is 8.91. The van der Waals surface area contributed by atoms with E-state index in [1.165, 1.54) is 36.0 Å². The summed E-state index contributed by atoms with van der Waals surface area (Å²) in [6.45, 7) is -2.89. The lowest BCUT2D eigenvalue weighted by atomic mass is 10.1. The smallest absolute Gasteiger partial charge is 0.387 e. The van der Waals surface area contributed by atoms with Gasteiger partial charge in [-0.25, -0.2) is 0 Å². The van der Waals surface area contributed by atoms with Gasteiger partial charge in [0.25, 0.3) is 0 Å². The van der Waals surface area contributed by atoms with Gasteiger partial charge in [-0.3, -0.25) is 4.79 Å². The SMILES string of the molecule is Cn1c(SCC(=O)c2ccc(OC(F)F)cc2)nnc1-c1ccccc1. The van der Waals surface area contributed by atoms with E-state index in [1.807, 2.05) is 41.9 Å². The molecular weight excluding hydrogens is 360 g/mol. The second-order valence-electron chi connectivity index (χ2n) is 5.35. The molecule has 0 saturated carbocycles. The van der Waals surface area contributed by atoms with E-state index in [0.717, 1.165) is 5.56 Å². The van der Waals surface area contributed by atoms with Crippen molar-refractivity contribution in [2.75, 3.05) is 5.75 Å². The van der Waals surface area contributed by atoms with Crippen LogP contribution in [0.1, 0.15) is 10.4 Å². The first kappa shape index (κ1) is 18.1. The summed E-state index contributed by atoms with van der Waals surface area (Å²) < 4.78 is 30.4. The molecule has 0 spiro atoms. The molecule has 0 saturated heterocycles. The zero-order chi connectivity index (χ0) is 18.5. The zero-order valence-corrected chi connectivity index (χ0v) is 14.6. The molecule has 26 heavy (non-hydrogen) atoms. The van der Waals surface area contributed by atoms with E-state index in [1.54, 1.807) is 0 Å². The standard InChI is InChI=1S/C18H15F2N3O2S/c1-23-16(13-5-3-2-4-6-13)21-22-18(23)26-11-15(24)12-7-9-14(10-8-12)25-17(19)20/h2-10,17H,11H2,1H3. The van der Waals surface area contributed by atoms with Gasteiger partial charge in [0.2, 0.25) is 0 Å². The van der Waals surface area contributed by atoms with Gasteiger partial charge in [-0.15, -0.1) is 10.2 Å². The molecule has 3 rings (SSSR count). The number of carbonyl (C=O) groups excluding carboxylic acids is 1. The number of ether oxygens (including phenoxy) is 1. The van der Waals surface area contributed by atoms with E-state index in [2.05, 4.69) is 14.9 Å². The van der Waals surface area contributed by atoms with E-state index >= 15 is 0 Å². The number of hydrogen-bond donors (Lipinski definition) is 0. The highest BCUT2D eigenvalue weighted by molar-refractivity contribution is 7.99. The minimum Gasteiger partial charge on any atom is -0.435 e. The molecular formula is C18H15F2N3O2S. The van der Waals surface area contributed by atoms with Crippen LogP contribution in [0.4, 0.5) is 8.78 Å². The molecule has 1 heterocycles. The van der Waals surface area contributed by atoms with Gasteiger partial charge in [0.15, 0.2) is 16.8 Å². The van der Waals surface area contributed by atoms with Gasteiger partial charge in [-0.1, -0.05) is 42.1 Å². The summed E-state index contributed by atoms with van der Waals surface area (Å²) in [7, 11) is 1.84. The second kappa shape index (κ2) is 8.09. The molecule has 0 atom stereocenters. The van der Waals surface area contributed by atoms with Crippen LogP contribution in [0.5, 0.6) is 5.75 Å². The number of hydrogen-bond acceptors (Lipinski definition) is 5. The number of rotatable bonds is 7. The fourth-order valence-electron chi connectivity index (χ4n) is 2.31. The maximum Gasteiger partial charge on any atom is 0.387 e. The number of Topliss-reactive ketones (excluding diaryl/α,β-unsaturated/α-hetero) is 1. The van der Waals surface area contributed by atoms with Gasteiger partial charge in [0, 0.05) is 18.2 Å². The van der Waals surface area contributed by atoms with E-state index in [4.69, 9.17) is 0 Å². The fourth-order valence-corrected chi connectivity index (χ4v) is 3.12. The first-order valence-electron chi connectivity index (χ1n) is 7.70. The van der Waals surface area contributed by atoms with Crippen LogP contribution in [-0.4, -0.2) is 32.9 Å². The Labute approximate surface area is 153 Å². The normalized spacial score (nSPS) is 10.9. The summed E-state index contributed by atoms with van der Waals surface area (Å²) in [4.78, 5) is 12.3. The lowest BCUT2D eigenvalue weighted by molar-refractivity contribution is -0.0498. The van der Waals surface area contributed by atoms with Crippen LogP contribution in [0.2, 0.25) is 0 Å². The maximum atomic E-state index is 12.3. The second-order valence-corrected chi connectivity index (χ2v) is 6.29. The molecule has 2 aromatic carbocycles. The molecule has 0 N–H and O–H groups in total. The van der Waals surface area contributed by atoms with Gasteiger partial charge in [0.05, 0.1) is 5.75 Å². The Hall–Kier alpha value is -2.74. The van der Waals surface area contributed by atoms with Gasteiger partial charge in [0.1, 0.15) is 5.75 Å². The van der Waals surface area contributed by atoms with Gasteiger partial charge in [-0.05, 0) is 24.3 Å². The highest BCUT2D eigenvalue weighted by Gasteiger charge is 2.14. The molecule has 0 aliphatic rings. The molecule has 0 aliphatic heterocycles. The Kier molecular flexibility index (Phi) is 5.62. The Bertz CT molecular complexity index is 883. The molecule has 1 aromatic heterocycles. The first-order chi connectivity index (χ1) is 12.5. The van der Waals surface area contributed by atoms with Crippen molar-refractivity contribution in [3.05, 3.63) is 60.2 Å². The Balaban J connectivity index is 1.64. The molecule has 8 heteroatoms. The van der Waals surface area contributed by atoms with Crippen molar-refractivity contribution in [1.29, 1.82) is 0 Å². The summed E-state index contributed by atoms with van der Waals surface area (Å²) in [5.74, 6) is 0.762. The Morgan fingerprint density at radius 2 is 1.81 bits per heavy atom. The van der Waals surface area contributed by atoms with E-state index in [0.29, 0.717) is 16.5 Å². The molecule has 3 aromatic rings. The van der Waals surface area contributed by atoms with Crippen molar-refractivity contribution in [3.63, 3.8) is 0 Å². The quantitative estimate of drug-likeness (QED) is 0.460. The lowest BCUT2D eigenvalue weighted by Crippen LogP contribution is -2.05. The van der Waals surface area contributed by atoms with Crippen molar-refractivity contribution in [3.8, 4) is 17.1 Å². The third kappa shape index (κ3) is 4.26. The van der Waals surface area contributed by atoms with Crippen LogP contribution in [0.25, 0.3) is 11.4 Å². The third-order valence-corrected chi connectivity index (χ3v) is 4.62. The number of benzene rings is 2. The van der Waals surface area contributed by atoms with Crippen LogP contribution in [0.15, 0.2) is 59.8 Å². The number of alkyl halides is 2. The summed E-state index contributed by atoms with van der Waals surface area (Å²) in [6.07, 6.45) is 0. The predicted molar refractivity (Wildman–Crippen MR) is 94.6 cm³/mol. The first-order valence-corrected chi connectivity index (χ1v) is 8.69. The maximum absolute atomic E-state index is 12.3. The van der Waals surface area contributed by atoms with Crippen molar-refractivity contribution in [2.24, 2.45) is 7.05 Å². The van der Waals surface area contributed by atoms with Crippen LogP contribution in [-0.2, 0) is 7.05 Å². The molecule has 0 aliphatic carbocycles. The molecule has 0 fully saturated rings. The number of nitrogens with zero attached hydrogens (tertiary/aromatic N) is 3. The number of aromatic nitrogens is 3. The van der Waals surface area contributed by atoms with Crippen molar-refractivity contribution in [2.45, 2.75) is 11.8 Å². The Morgan fingerprint density at radius 3 is 2.46 bits per heavy atom. The monoisotopic (exact) mass is 375 g/mol. The van der Waals surface area contributed by atoms with Crippen LogP contribution in [0, 0.1) is 0 Å². The molecule has 5 nitrogen and oxygen atoms in total. The van der Waals surface area contributed by atoms with E-state index < -0.39 is 6.61 Å². The van der Waals surface area contributed by atoms with Gasteiger partial charge < -0.3 is 9.30 Å². The number of thioether (sulfide) groups is 1. The topological polar surface area (TPSA) is 57.0 Å². The van der Waals surface area contributed by atoms with Crippen LogP contribution < -0.4 is 4.74 Å². The zero-order valence-electron chi connectivity index (χ0n) is 13.8. The van der Waals surface area contributed by atoms with Crippen molar-refractivity contribution >= 4 is 17.5 Å². The van der Waals surface area contributed by atoms with Gasteiger partial charge >= 0.3 is 6.61 Å². The number of ketones is 1. The van der Waals surface area contributed by atoms with Crippen LogP contribution in [0.3, 0.4) is 0 Å². The highest BCUT2D eigenvalue weighted by atomic mass is 32.2. The third-order valence-electron chi connectivity index (χ3n) is 3.60. The average Bonchev–Trinajstić information content (AvgIpc) is 3.01. The lowest BCUT2D eigenvalue weighted by Gasteiger charge is -2.06. The largest absolute Gasteiger partial charge is 0.435 e. The minimum atomic E-state index is -2.89. The van der Waals surface area contributed by atoms with Crippen molar-refractivity contribution in [1.82, 2.24) is 14.8 Å². The number of halogens is 2. The molecule has 0 radical (unpaired) electrons. The highest BCUT2D eigenvalue weighted by Crippen LogP contribution is 2.23. The molecule has 0 unspecified atom stereocenters. The molecule has 0 bridgehead atoms. The number of carbonyl (C=O) groups is 1. The summed E-state index contributed by atoms with van der Waals surface area (Å²) in [6, 6.07) is 15.3. The summed E-state index contributed by atoms with van der Waals surface area (Å²) >= 11 is 1.27. The van der Waals surface area contributed by atoms with E-state index in [9.17, 15) is 13.6 Å².